The predicted molar refractivity (Wildman–Crippen MR) is 63.8 cm³/mol. The molecule has 3 rings (SSSR count). The third-order valence-corrected chi connectivity index (χ3v) is 2.52. The number of halogens is 1. The van der Waals surface area contributed by atoms with Crippen molar-refractivity contribution < 1.29 is 4.39 Å². The zero-order valence-electron chi connectivity index (χ0n) is 9.50. The highest BCUT2D eigenvalue weighted by Gasteiger charge is 2.10. The lowest BCUT2D eigenvalue weighted by molar-refractivity contribution is 0.632. The van der Waals surface area contributed by atoms with Crippen molar-refractivity contribution in [3.8, 4) is 0 Å². The van der Waals surface area contributed by atoms with Crippen LogP contribution in [0.5, 0.6) is 0 Å². The van der Waals surface area contributed by atoms with Gasteiger partial charge in [-0.25, -0.2) is 19.0 Å². The van der Waals surface area contributed by atoms with Crippen molar-refractivity contribution in [3.63, 3.8) is 0 Å². The monoisotopic (exact) mass is 244 g/mol. The smallest absolute Gasteiger partial charge is 0.183 e. The SMILES string of the molecule is Cn1nnc2c(Nc3ccccc3F)ncnc21. The van der Waals surface area contributed by atoms with Gasteiger partial charge >= 0.3 is 0 Å². The number of nitrogens with one attached hydrogen (secondary N) is 1. The van der Waals surface area contributed by atoms with Gasteiger partial charge in [0.25, 0.3) is 0 Å². The molecule has 2 aromatic heterocycles. The molecule has 0 aliphatic rings. The molecular formula is C11H9FN6. The van der Waals surface area contributed by atoms with E-state index >= 15 is 0 Å². The average Bonchev–Trinajstić information content (AvgIpc) is 2.76. The van der Waals surface area contributed by atoms with Crippen LogP contribution in [0.25, 0.3) is 11.2 Å². The first kappa shape index (κ1) is 10.6. The van der Waals surface area contributed by atoms with Gasteiger partial charge in [-0.3, -0.25) is 0 Å². The molecule has 6 nitrogen and oxygen atoms in total. The molecule has 0 bridgehead atoms. The Morgan fingerprint density at radius 1 is 1.22 bits per heavy atom. The van der Waals surface area contributed by atoms with Gasteiger partial charge in [-0.15, -0.1) is 5.10 Å². The quantitative estimate of drug-likeness (QED) is 0.742. The first-order valence-electron chi connectivity index (χ1n) is 5.27. The first-order chi connectivity index (χ1) is 8.75. The summed E-state index contributed by atoms with van der Waals surface area (Å²) in [6, 6.07) is 6.36. The summed E-state index contributed by atoms with van der Waals surface area (Å²) in [5, 5.41) is 10.7. The summed E-state index contributed by atoms with van der Waals surface area (Å²) in [6.07, 6.45) is 1.38. The highest BCUT2D eigenvalue weighted by atomic mass is 19.1. The summed E-state index contributed by atoms with van der Waals surface area (Å²) in [6.45, 7) is 0. The highest BCUT2D eigenvalue weighted by molar-refractivity contribution is 5.84. The summed E-state index contributed by atoms with van der Waals surface area (Å²) in [5.74, 6) is 0.0753. The molecule has 0 saturated carbocycles. The van der Waals surface area contributed by atoms with E-state index in [2.05, 4.69) is 25.6 Å². The average molecular weight is 244 g/mol. The maximum atomic E-state index is 13.5. The second kappa shape index (κ2) is 4.02. The lowest BCUT2D eigenvalue weighted by Gasteiger charge is -2.05. The molecule has 90 valence electrons. The van der Waals surface area contributed by atoms with Crippen molar-refractivity contribution in [1.82, 2.24) is 25.0 Å². The van der Waals surface area contributed by atoms with Gasteiger partial charge in [0.15, 0.2) is 17.0 Å². The summed E-state index contributed by atoms with van der Waals surface area (Å²) in [4.78, 5) is 8.11. The topological polar surface area (TPSA) is 68.5 Å². The van der Waals surface area contributed by atoms with Crippen molar-refractivity contribution in [2.45, 2.75) is 0 Å². The Kier molecular flexibility index (Phi) is 2.36. The third-order valence-electron chi connectivity index (χ3n) is 2.52. The van der Waals surface area contributed by atoms with E-state index in [0.717, 1.165) is 0 Å². The molecular weight excluding hydrogens is 235 g/mol. The second-order valence-electron chi connectivity index (χ2n) is 3.71. The number of anilines is 2. The number of nitrogens with zero attached hydrogens (tertiary/aromatic N) is 5. The Labute approximate surface area is 101 Å². The molecule has 0 radical (unpaired) electrons. The number of benzene rings is 1. The van der Waals surface area contributed by atoms with Crippen LogP contribution < -0.4 is 5.32 Å². The first-order valence-corrected chi connectivity index (χ1v) is 5.27. The second-order valence-corrected chi connectivity index (χ2v) is 3.71. The largest absolute Gasteiger partial charge is 0.336 e. The van der Waals surface area contributed by atoms with Crippen LogP contribution in [0, 0.1) is 5.82 Å². The molecule has 0 saturated heterocycles. The Balaban J connectivity index is 2.08. The summed E-state index contributed by atoms with van der Waals surface area (Å²) >= 11 is 0. The summed E-state index contributed by atoms with van der Waals surface area (Å²) in [7, 11) is 1.73. The fourth-order valence-corrected chi connectivity index (χ4v) is 1.63. The Hall–Kier alpha value is -2.57. The number of rotatable bonds is 2. The van der Waals surface area contributed by atoms with Crippen LogP contribution in [0.15, 0.2) is 30.6 Å². The lowest BCUT2D eigenvalue weighted by atomic mass is 10.3. The molecule has 1 N–H and O–H groups in total. The molecule has 2 heterocycles. The van der Waals surface area contributed by atoms with Crippen LogP contribution in [0.1, 0.15) is 0 Å². The Morgan fingerprint density at radius 2 is 2.06 bits per heavy atom. The zero-order valence-corrected chi connectivity index (χ0v) is 9.50. The standard InChI is InChI=1S/C11H9FN6/c1-18-11-9(16-17-18)10(13-6-14-11)15-8-5-3-2-4-7(8)12/h2-6H,1H3,(H,13,14,15). The molecule has 0 unspecified atom stereocenters. The lowest BCUT2D eigenvalue weighted by Crippen LogP contribution is -1.98. The van der Waals surface area contributed by atoms with Crippen molar-refractivity contribution in [3.05, 3.63) is 36.4 Å². The molecule has 0 atom stereocenters. The van der Waals surface area contributed by atoms with Gasteiger partial charge in [0.05, 0.1) is 5.69 Å². The number of para-hydroxylation sites is 1. The fourth-order valence-electron chi connectivity index (χ4n) is 1.63. The van der Waals surface area contributed by atoms with Crippen molar-refractivity contribution in [2.24, 2.45) is 7.05 Å². The van der Waals surface area contributed by atoms with E-state index in [1.807, 2.05) is 0 Å². The molecule has 3 aromatic rings. The van der Waals surface area contributed by atoms with E-state index in [4.69, 9.17) is 0 Å². The Morgan fingerprint density at radius 3 is 2.89 bits per heavy atom. The molecule has 0 amide bonds. The van der Waals surface area contributed by atoms with Crippen LogP contribution in [0.4, 0.5) is 15.9 Å². The van der Waals surface area contributed by atoms with Gasteiger partial charge in [0.1, 0.15) is 12.1 Å². The molecule has 7 heteroatoms. The molecule has 18 heavy (non-hydrogen) atoms. The van der Waals surface area contributed by atoms with Crippen LogP contribution in [0.3, 0.4) is 0 Å². The van der Waals surface area contributed by atoms with Gasteiger partial charge in [-0.2, -0.15) is 0 Å². The van der Waals surface area contributed by atoms with E-state index in [1.165, 1.54) is 17.1 Å². The van der Waals surface area contributed by atoms with Crippen molar-refractivity contribution in [1.29, 1.82) is 0 Å². The maximum Gasteiger partial charge on any atom is 0.183 e. The number of aromatic nitrogens is 5. The minimum atomic E-state index is -0.354. The highest BCUT2D eigenvalue weighted by Crippen LogP contribution is 2.22. The molecule has 0 aliphatic carbocycles. The minimum absolute atomic E-state index is 0.336. The van der Waals surface area contributed by atoms with Gasteiger partial charge < -0.3 is 5.32 Å². The summed E-state index contributed by atoms with van der Waals surface area (Å²) < 4.78 is 15.1. The van der Waals surface area contributed by atoms with Crippen molar-refractivity contribution in [2.75, 3.05) is 5.32 Å². The van der Waals surface area contributed by atoms with Crippen LogP contribution in [-0.2, 0) is 7.05 Å². The van der Waals surface area contributed by atoms with Gasteiger partial charge in [-0.05, 0) is 12.1 Å². The molecule has 0 fully saturated rings. The number of fused-ring (bicyclic) bond motifs is 1. The number of aryl methyl sites for hydroxylation is 1. The van der Waals surface area contributed by atoms with E-state index in [-0.39, 0.29) is 5.82 Å². The molecule has 0 aliphatic heterocycles. The minimum Gasteiger partial charge on any atom is -0.336 e. The molecule has 1 aromatic carbocycles. The maximum absolute atomic E-state index is 13.5. The van der Waals surface area contributed by atoms with Gasteiger partial charge in [-0.1, -0.05) is 17.3 Å². The number of hydrogen-bond donors (Lipinski definition) is 1. The van der Waals surface area contributed by atoms with E-state index in [1.54, 1.807) is 25.2 Å². The number of hydrogen-bond acceptors (Lipinski definition) is 5. The van der Waals surface area contributed by atoms with E-state index in [0.29, 0.717) is 22.7 Å². The van der Waals surface area contributed by atoms with E-state index < -0.39 is 0 Å². The van der Waals surface area contributed by atoms with E-state index in [9.17, 15) is 4.39 Å². The van der Waals surface area contributed by atoms with Crippen LogP contribution >= 0.6 is 0 Å². The zero-order chi connectivity index (χ0) is 12.5. The fraction of sp³-hybridized carbons (Fsp3) is 0.0909. The predicted octanol–water partition coefficient (Wildman–Crippen LogP) is 1.64. The Bertz CT molecular complexity index is 708. The van der Waals surface area contributed by atoms with Crippen LogP contribution in [-0.4, -0.2) is 25.0 Å². The van der Waals surface area contributed by atoms with Gasteiger partial charge in [0, 0.05) is 7.05 Å². The molecule has 0 spiro atoms. The van der Waals surface area contributed by atoms with Gasteiger partial charge in [0.2, 0.25) is 0 Å². The van der Waals surface area contributed by atoms with Crippen molar-refractivity contribution >= 4 is 22.7 Å². The third kappa shape index (κ3) is 1.65. The van der Waals surface area contributed by atoms with Crippen LogP contribution in [0.2, 0.25) is 0 Å². The normalized spacial score (nSPS) is 10.8. The summed E-state index contributed by atoms with van der Waals surface area (Å²) in [5.41, 5.74) is 1.43.